The summed E-state index contributed by atoms with van der Waals surface area (Å²) in [7, 11) is 0. The number of allylic oxidation sites excluding steroid dienone is 1. The zero-order chi connectivity index (χ0) is 20.3. The molecule has 1 saturated heterocycles. The van der Waals surface area contributed by atoms with Crippen molar-refractivity contribution in [2.24, 2.45) is 4.99 Å². The molecule has 148 valence electrons. The Hall–Kier alpha value is -3.66. The van der Waals surface area contributed by atoms with Crippen LogP contribution in [0.4, 0.5) is 0 Å². The van der Waals surface area contributed by atoms with Crippen LogP contribution in [0.15, 0.2) is 108 Å². The molecule has 2 aliphatic heterocycles. The van der Waals surface area contributed by atoms with E-state index in [1.54, 1.807) is 0 Å². The Bertz CT molecular complexity index is 1100. The zero-order valence-electron chi connectivity index (χ0n) is 16.7. The van der Waals surface area contributed by atoms with Crippen molar-refractivity contribution < 1.29 is 4.79 Å². The van der Waals surface area contributed by atoms with E-state index >= 15 is 0 Å². The lowest BCUT2D eigenvalue weighted by molar-refractivity contribution is -0.127. The fourth-order valence-corrected chi connectivity index (χ4v) is 4.09. The van der Waals surface area contributed by atoms with Gasteiger partial charge < -0.3 is 5.32 Å². The zero-order valence-corrected chi connectivity index (χ0v) is 16.7. The average molecular weight is 393 g/mol. The maximum absolute atomic E-state index is 13.3. The molecular formula is C26H23N3O. The minimum absolute atomic E-state index is 0.114. The van der Waals surface area contributed by atoms with Gasteiger partial charge in [0, 0.05) is 12.8 Å². The van der Waals surface area contributed by atoms with E-state index in [-0.39, 0.29) is 11.9 Å². The standard InChI is InChI=1S/C26H23N3O/c30-26-23(17-20-12-6-2-7-13-20)28-25-22(16-19-10-4-1-5-11-19)27-24(18-29(25)26)21-14-8-3-9-15-21/h1-15,23,28H,16-18H2. The molecule has 2 aliphatic rings. The number of benzene rings is 3. The van der Waals surface area contributed by atoms with Crippen LogP contribution in [-0.4, -0.2) is 29.1 Å². The van der Waals surface area contributed by atoms with Crippen LogP contribution in [0.25, 0.3) is 0 Å². The first kappa shape index (κ1) is 18.4. The van der Waals surface area contributed by atoms with Crippen molar-refractivity contribution in [3.63, 3.8) is 0 Å². The second-order valence-corrected chi connectivity index (χ2v) is 7.69. The third-order valence-corrected chi connectivity index (χ3v) is 5.60. The molecule has 0 aromatic heterocycles. The number of carbonyl (C=O) groups is 1. The van der Waals surface area contributed by atoms with Crippen molar-refractivity contribution in [3.05, 3.63) is 119 Å². The summed E-state index contributed by atoms with van der Waals surface area (Å²) in [4.78, 5) is 20.2. The number of nitrogens with zero attached hydrogens (tertiary/aromatic N) is 2. The number of hydrogen-bond donors (Lipinski definition) is 1. The summed E-state index contributed by atoms with van der Waals surface area (Å²) in [6.07, 6.45) is 1.35. The molecule has 1 atom stereocenters. The SMILES string of the molecule is O=C1C(Cc2ccccc2)NC2=C(Cc3ccccc3)N=C(c3ccccc3)CN12. The molecule has 30 heavy (non-hydrogen) atoms. The summed E-state index contributed by atoms with van der Waals surface area (Å²) in [5, 5.41) is 3.48. The molecule has 1 unspecified atom stereocenters. The summed E-state index contributed by atoms with van der Waals surface area (Å²) in [5.74, 6) is 0.965. The van der Waals surface area contributed by atoms with E-state index < -0.39 is 0 Å². The number of hydrogen-bond acceptors (Lipinski definition) is 3. The third-order valence-electron chi connectivity index (χ3n) is 5.60. The number of amides is 1. The smallest absolute Gasteiger partial charge is 0.251 e. The monoisotopic (exact) mass is 393 g/mol. The Morgan fingerprint density at radius 3 is 2.10 bits per heavy atom. The van der Waals surface area contributed by atoms with Crippen LogP contribution in [0.1, 0.15) is 16.7 Å². The highest BCUT2D eigenvalue weighted by atomic mass is 16.2. The molecule has 4 heteroatoms. The second-order valence-electron chi connectivity index (χ2n) is 7.69. The minimum atomic E-state index is -0.265. The summed E-state index contributed by atoms with van der Waals surface area (Å²) in [6.45, 7) is 0.495. The van der Waals surface area contributed by atoms with Gasteiger partial charge in [-0.05, 0) is 16.7 Å². The van der Waals surface area contributed by atoms with Gasteiger partial charge in [0.25, 0.3) is 5.91 Å². The van der Waals surface area contributed by atoms with E-state index in [0.717, 1.165) is 28.4 Å². The average Bonchev–Trinajstić information content (AvgIpc) is 3.11. The predicted molar refractivity (Wildman–Crippen MR) is 119 cm³/mol. The number of fused-ring (bicyclic) bond motifs is 1. The van der Waals surface area contributed by atoms with Crippen molar-refractivity contribution in [1.29, 1.82) is 0 Å². The lowest BCUT2D eigenvalue weighted by atomic mass is 10.0. The molecule has 0 radical (unpaired) electrons. The highest BCUT2D eigenvalue weighted by Crippen LogP contribution is 2.28. The fourth-order valence-electron chi connectivity index (χ4n) is 4.09. The van der Waals surface area contributed by atoms with Gasteiger partial charge in [-0.15, -0.1) is 0 Å². The van der Waals surface area contributed by atoms with Gasteiger partial charge in [-0.2, -0.15) is 0 Å². The van der Waals surface area contributed by atoms with E-state index in [9.17, 15) is 4.79 Å². The van der Waals surface area contributed by atoms with Gasteiger partial charge in [-0.25, -0.2) is 0 Å². The van der Waals surface area contributed by atoms with E-state index in [2.05, 4.69) is 41.7 Å². The van der Waals surface area contributed by atoms with Gasteiger partial charge in [0.15, 0.2) is 0 Å². The number of carbonyl (C=O) groups excluding carboxylic acids is 1. The van der Waals surface area contributed by atoms with Crippen LogP contribution < -0.4 is 5.32 Å². The number of rotatable bonds is 5. The topological polar surface area (TPSA) is 44.7 Å². The number of aliphatic imine (C=N–C) groups is 1. The molecule has 0 spiro atoms. The molecule has 3 aromatic rings. The molecule has 4 nitrogen and oxygen atoms in total. The highest BCUT2D eigenvalue weighted by molar-refractivity contribution is 6.06. The summed E-state index contributed by atoms with van der Waals surface area (Å²) >= 11 is 0. The quantitative estimate of drug-likeness (QED) is 0.714. The largest absolute Gasteiger partial charge is 0.358 e. The van der Waals surface area contributed by atoms with E-state index in [1.807, 2.05) is 59.5 Å². The minimum Gasteiger partial charge on any atom is -0.358 e. The van der Waals surface area contributed by atoms with Crippen molar-refractivity contribution in [2.75, 3.05) is 6.54 Å². The van der Waals surface area contributed by atoms with E-state index in [1.165, 1.54) is 5.56 Å². The normalized spacial score (nSPS) is 18.1. The Labute approximate surface area is 176 Å². The fraction of sp³-hybridized carbons (Fsp3) is 0.154. The molecule has 0 aliphatic carbocycles. The Balaban J connectivity index is 1.49. The predicted octanol–water partition coefficient (Wildman–Crippen LogP) is 3.94. The molecule has 0 saturated carbocycles. The van der Waals surface area contributed by atoms with Crippen LogP contribution in [0.2, 0.25) is 0 Å². The molecule has 1 fully saturated rings. The lowest BCUT2D eigenvalue weighted by Crippen LogP contribution is -2.36. The van der Waals surface area contributed by atoms with Crippen LogP contribution in [0, 0.1) is 0 Å². The first-order valence-corrected chi connectivity index (χ1v) is 10.3. The van der Waals surface area contributed by atoms with Crippen molar-refractivity contribution in [3.8, 4) is 0 Å². The lowest BCUT2D eigenvalue weighted by Gasteiger charge is -2.25. The highest BCUT2D eigenvalue weighted by Gasteiger charge is 2.39. The Morgan fingerprint density at radius 1 is 0.833 bits per heavy atom. The Kier molecular flexibility index (Phi) is 4.89. The first-order chi connectivity index (χ1) is 14.8. The molecular weight excluding hydrogens is 370 g/mol. The van der Waals surface area contributed by atoms with Gasteiger partial charge in [0.05, 0.1) is 18.0 Å². The molecule has 2 heterocycles. The summed E-state index contributed by atoms with van der Waals surface area (Å²) in [6, 6.07) is 30.3. The molecule has 5 rings (SSSR count). The van der Waals surface area contributed by atoms with E-state index in [4.69, 9.17) is 4.99 Å². The number of nitrogens with one attached hydrogen (secondary N) is 1. The van der Waals surface area contributed by atoms with Gasteiger partial charge in [0.2, 0.25) is 0 Å². The first-order valence-electron chi connectivity index (χ1n) is 10.3. The van der Waals surface area contributed by atoms with Gasteiger partial charge in [-0.1, -0.05) is 91.0 Å². The molecule has 0 bridgehead atoms. The summed E-state index contributed by atoms with van der Waals surface area (Å²) in [5.41, 5.74) is 5.23. The Morgan fingerprint density at radius 2 is 1.43 bits per heavy atom. The molecule has 3 aromatic carbocycles. The second kappa shape index (κ2) is 7.99. The molecule has 1 amide bonds. The van der Waals surface area contributed by atoms with Gasteiger partial charge >= 0.3 is 0 Å². The van der Waals surface area contributed by atoms with Crippen LogP contribution in [0.5, 0.6) is 0 Å². The van der Waals surface area contributed by atoms with Crippen LogP contribution >= 0.6 is 0 Å². The van der Waals surface area contributed by atoms with Crippen LogP contribution in [0.3, 0.4) is 0 Å². The third kappa shape index (κ3) is 3.64. The van der Waals surface area contributed by atoms with Crippen molar-refractivity contribution in [1.82, 2.24) is 10.2 Å². The van der Waals surface area contributed by atoms with Crippen LogP contribution in [-0.2, 0) is 17.6 Å². The molecule has 1 N–H and O–H groups in total. The maximum Gasteiger partial charge on any atom is 0.251 e. The van der Waals surface area contributed by atoms with Gasteiger partial charge in [-0.3, -0.25) is 14.7 Å². The van der Waals surface area contributed by atoms with E-state index in [0.29, 0.717) is 19.4 Å². The summed E-state index contributed by atoms with van der Waals surface area (Å²) < 4.78 is 0. The van der Waals surface area contributed by atoms with Crippen molar-refractivity contribution in [2.45, 2.75) is 18.9 Å². The van der Waals surface area contributed by atoms with Gasteiger partial charge in [0.1, 0.15) is 11.9 Å². The maximum atomic E-state index is 13.3. The van der Waals surface area contributed by atoms with Crippen molar-refractivity contribution >= 4 is 11.6 Å².